The summed E-state index contributed by atoms with van der Waals surface area (Å²) in [5.74, 6) is -0.458. The number of nitrogen functional groups attached to an aromatic ring is 1. The summed E-state index contributed by atoms with van der Waals surface area (Å²) in [7, 11) is 0. The van der Waals surface area contributed by atoms with E-state index in [4.69, 9.17) is 5.73 Å². The summed E-state index contributed by atoms with van der Waals surface area (Å²) in [6.45, 7) is 3.84. The molecule has 0 bridgehead atoms. The first kappa shape index (κ1) is 18.7. The quantitative estimate of drug-likeness (QED) is 0.862. The van der Waals surface area contributed by atoms with Gasteiger partial charge in [0.1, 0.15) is 0 Å². The Balaban J connectivity index is 2.31. The van der Waals surface area contributed by atoms with Crippen LogP contribution in [0.2, 0.25) is 0 Å². The fraction of sp³-hybridized carbons (Fsp3) is 0.353. The van der Waals surface area contributed by atoms with Gasteiger partial charge < -0.3 is 11.1 Å². The number of nitrogens with zero attached hydrogens (tertiary/aromatic N) is 2. The van der Waals surface area contributed by atoms with Crippen molar-refractivity contribution in [1.29, 1.82) is 0 Å². The topological polar surface area (TPSA) is 80.9 Å². The van der Waals surface area contributed by atoms with Crippen LogP contribution in [0.3, 0.4) is 0 Å². The van der Waals surface area contributed by atoms with Crippen molar-refractivity contribution >= 4 is 11.7 Å². The van der Waals surface area contributed by atoms with Gasteiger partial charge in [-0.05, 0) is 30.0 Å². The predicted molar refractivity (Wildman–Crippen MR) is 87.6 cm³/mol. The van der Waals surface area contributed by atoms with Gasteiger partial charge in [-0.3, -0.25) is 4.79 Å². The van der Waals surface area contributed by atoms with Crippen molar-refractivity contribution in [2.45, 2.75) is 32.5 Å². The van der Waals surface area contributed by atoms with E-state index < -0.39 is 23.7 Å². The molecule has 0 aliphatic heterocycles. The number of aromatic nitrogens is 2. The van der Waals surface area contributed by atoms with E-state index in [1.807, 2.05) is 13.8 Å². The third-order valence-electron chi connectivity index (χ3n) is 3.57. The Morgan fingerprint density at radius 1 is 1.24 bits per heavy atom. The molecule has 1 unspecified atom stereocenters. The number of nitrogens with one attached hydrogen (secondary N) is 1. The summed E-state index contributed by atoms with van der Waals surface area (Å²) in [4.78, 5) is 20.1. The molecule has 0 fully saturated rings. The van der Waals surface area contributed by atoms with Gasteiger partial charge in [0.15, 0.2) is 11.5 Å². The zero-order valence-corrected chi connectivity index (χ0v) is 13.8. The molecule has 0 saturated heterocycles. The second kappa shape index (κ2) is 7.50. The van der Waals surface area contributed by atoms with Crippen LogP contribution in [0.4, 0.5) is 19.0 Å². The van der Waals surface area contributed by atoms with Crippen LogP contribution in [0.25, 0.3) is 0 Å². The van der Waals surface area contributed by atoms with E-state index in [-0.39, 0.29) is 17.4 Å². The third kappa shape index (κ3) is 4.91. The normalized spacial score (nSPS) is 12.9. The average Bonchev–Trinajstić information content (AvgIpc) is 2.53. The number of benzene rings is 1. The standard InChI is InChI=1S/C17H19F3N4O/c1-10(2)8-13(11-4-3-5-12(9-11)17(18,19)20)24-16(25)14-15(21)23-7-6-22-14/h3-7,9-10,13H,8H2,1-2H3,(H2,21,23)(H,24,25). The second-order valence-corrected chi connectivity index (χ2v) is 6.07. The SMILES string of the molecule is CC(C)CC(NC(=O)c1nccnc1N)c1cccc(C(F)(F)F)c1. The fourth-order valence-corrected chi connectivity index (χ4v) is 2.43. The van der Waals surface area contributed by atoms with Crippen molar-refractivity contribution in [1.82, 2.24) is 15.3 Å². The predicted octanol–water partition coefficient (Wildman–Crippen LogP) is 3.59. The summed E-state index contributed by atoms with van der Waals surface area (Å²) in [5.41, 5.74) is 5.20. The van der Waals surface area contributed by atoms with Crippen LogP contribution >= 0.6 is 0 Å². The molecule has 0 radical (unpaired) electrons. The molecule has 5 nitrogen and oxygen atoms in total. The maximum atomic E-state index is 13.0. The van der Waals surface area contributed by atoms with Crippen molar-refractivity contribution in [2.24, 2.45) is 5.92 Å². The Morgan fingerprint density at radius 2 is 1.92 bits per heavy atom. The summed E-state index contributed by atoms with van der Waals surface area (Å²) < 4.78 is 38.9. The first-order valence-electron chi connectivity index (χ1n) is 7.73. The maximum absolute atomic E-state index is 13.0. The number of alkyl halides is 3. The van der Waals surface area contributed by atoms with E-state index in [0.717, 1.165) is 12.1 Å². The van der Waals surface area contributed by atoms with Crippen LogP contribution < -0.4 is 11.1 Å². The Hall–Kier alpha value is -2.64. The molecule has 8 heteroatoms. The van der Waals surface area contributed by atoms with Gasteiger partial charge in [0.25, 0.3) is 5.91 Å². The van der Waals surface area contributed by atoms with E-state index in [1.54, 1.807) is 6.07 Å². The van der Waals surface area contributed by atoms with Crippen LogP contribution in [-0.4, -0.2) is 15.9 Å². The molecule has 1 aromatic carbocycles. The van der Waals surface area contributed by atoms with Crippen molar-refractivity contribution in [3.8, 4) is 0 Å². The minimum atomic E-state index is -4.45. The number of nitrogens with two attached hydrogens (primary N) is 1. The molecule has 134 valence electrons. The molecule has 0 spiro atoms. The Bertz CT molecular complexity index is 747. The number of amides is 1. The number of carbonyl (C=O) groups excluding carboxylic acids is 1. The van der Waals surface area contributed by atoms with Gasteiger partial charge in [-0.15, -0.1) is 0 Å². The number of hydrogen-bond acceptors (Lipinski definition) is 4. The molecule has 3 N–H and O–H groups in total. The Labute approximate surface area is 143 Å². The number of hydrogen-bond donors (Lipinski definition) is 2. The largest absolute Gasteiger partial charge is 0.416 e. The number of rotatable bonds is 5. The van der Waals surface area contributed by atoms with Crippen molar-refractivity contribution in [3.05, 3.63) is 53.5 Å². The summed E-state index contributed by atoms with van der Waals surface area (Å²) in [5, 5.41) is 2.71. The highest BCUT2D eigenvalue weighted by atomic mass is 19.4. The van der Waals surface area contributed by atoms with Crippen LogP contribution in [0.15, 0.2) is 36.7 Å². The monoisotopic (exact) mass is 352 g/mol. The van der Waals surface area contributed by atoms with Gasteiger partial charge in [-0.1, -0.05) is 26.0 Å². The first-order valence-corrected chi connectivity index (χ1v) is 7.73. The molecule has 0 saturated carbocycles. The molecule has 2 aromatic rings. The maximum Gasteiger partial charge on any atom is 0.416 e. The molecule has 0 aliphatic carbocycles. The molecular weight excluding hydrogens is 333 g/mol. The van der Waals surface area contributed by atoms with E-state index in [0.29, 0.717) is 12.0 Å². The summed E-state index contributed by atoms with van der Waals surface area (Å²) >= 11 is 0. The zero-order chi connectivity index (χ0) is 18.6. The number of halogens is 3. The highest BCUT2D eigenvalue weighted by Crippen LogP contribution is 2.32. The lowest BCUT2D eigenvalue weighted by atomic mass is 9.95. The van der Waals surface area contributed by atoms with Gasteiger partial charge in [0.2, 0.25) is 0 Å². The Kier molecular flexibility index (Phi) is 5.61. The zero-order valence-electron chi connectivity index (χ0n) is 13.8. The van der Waals surface area contributed by atoms with Gasteiger partial charge in [-0.2, -0.15) is 13.2 Å². The van der Waals surface area contributed by atoms with Gasteiger partial charge in [-0.25, -0.2) is 9.97 Å². The van der Waals surface area contributed by atoms with Crippen LogP contribution in [0, 0.1) is 5.92 Å². The third-order valence-corrected chi connectivity index (χ3v) is 3.57. The lowest BCUT2D eigenvalue weighted by Gasteiger charge is -2.22. The highest BCUT2D eigenvalue weighted by molar-refractivity contribution is 5.96. The van der Waals surface area contributed by atoms with E-state index in [9.17, 15) is 18.0 Å². The van der Waals surface area contributed by atoms with E-state index in [1.165, 1.54) is 18.5 Å². The smallest absolute Gasteiger partial charge is 0.382 e. The highest BCUT2D eigenvalue weighted by Gasteiger charge is 2.31. The number of carbonyl (C=O) groups is 1. The average molecular weight is 352 g/mol. The van der Waals surface area contributed by atoms with E-state index in [2.05, 4.69) is 15.3 Å². The van der Waals surface area contributed by atoms with Gasteiger partial charge in [0, 0.05) is 12.4 Å². The van der Waals surface area contributed by atoms with Crippen molar-refractivity contribution in [2.75, 3.05) is 5.73 Å². The van der Waals surface area contributed by atoms with Crippen molar-refractivity contribution < 1.29 is 18.0 Å². The molecule has 1 atom stereocenters. The van der Waals surface area contributed by atoms with Crippen molar-refractivity contribution in [3.63, 3.8) is 0 Å². The molecule has 0 aliphatic rings. The number of anilines is 1. The molecular formula is C17H19F3N4O. The molecule has 1 amide bonds. The van der Waals surface area contributed by atoms with E-state index >= 15 is 0 Å². The Morgan fingerprint density at radius 3 is 2.52 bits per heavy atom. The summed E-state index contributed by atoms with van der Waals surface area (Å²) in [6.07, 6.45) is -1.30. The van der Waals surface area contributed by atoms with Crippen LogP contribution in [0.5, 0.6) is 0 Å². The molecule has 1 aromatic heterocycles. The minimum absolute atomic E-state index is 0.0349. The van der Waals surface area contributed by atoms with Gasteiger partial charge >= 0.3 is 6.18 Å². The molecule has 1 heterocycles. The minimum Gasteiger partial charge on any atom is -0.382 e. The molecule has 2 rings (SSSR count). The molecule has 25 heavy (non-hydrogen) atoms. The first-order chi connectivity index (χ1) is 11.7. The fourth-order valence-electron chi connectivity index (χ4n) is 2.43. The van der Waals surface area contributed by atoms with Gasteiger partial charge in [0.05, 0.1) is 11.6 Å². The lowest BCUT2D eigenvalue weighted by Crippen LogP contribution is -2.31. The van der Waals surface area contributed by atoms with Crippen LogP contribution in [-0.2, 0) is 6.18 Å². The van der Waals surface area contributed by atoms with Crippen LogP contribution in [0.1, 0.15) is 47.9 Å². The lowest BCUT2D eigenvalue weighted by molar-refractivity contribution is -0.137. The summed E-state index contributed by atoms with van der Waals surface area (Å²) in [6, 6.07) is 4.33. The second-order valence-electron chi connectivity index (χ2n) is 6.07.